The lowest BCUT2D eigenvalue weighted by Gasteiger charge is -2.15. The molecule has 1 heterocycles. The standard InChI is InChI=1S/C11H10Br2ClNO3S/c12-6-1-2-8(13)7(3-6)11(16)15-10-5-19(17,18)4-9(10)14/h1-3,9-10H,4-5H2,(H,15,16). The largest absolute Gasteiger partial charge is 0.347 e. The van der Waals surface area contributed by atoms with E-state index in [2.05, 4.69) is 37.2 Å². The van der Waals surface area contributed by atoms with Crippen molar-refractivity contribution in [1.82, 2.24) is 5.32 Å². The zero-order valence-electron chi connectivity index (χ0n) is 9.57. The smallest absolute Gasteiger partial charge is 0.252 e. The van der Waals surface area contributed by atoms with E-state index in [-0.39, 0.29) is 17.4 Å². The SMILES string of the molecule is O=C(NC1CS(=O)(=O)CC1Cl)c1cc(Br)ccc1Br. The van der Waals surface area contributed by atoms with E-state index in [1.165, 1.54) is 0 Å². The average molecular weight is 432 g/mol. The molecule has 1 N–H and O–H groups in total. The molecule has 0 radical (unpaired) electrons. The van der Waals surface area contributed by atoms with Crippen molar-refractivity contribution < 1.29 is 13.2 Å². The Morgan fingerprint density at radius 2 is 2.00 bits per heavy atom. The Kier molecular flexibility index (Phi) is 4.59. The molecule has 1 aliphatic rings. The molecule has 1 fully saturated rings. The van der Waals surface area contributed by atoms with Gasteiger partial charge in [-0.05, 0) is 34.1 Å². The summed E-state index contributed by atoms with van der Waals surface area (Å²) in [6, 6.07) is 4.64. The number of hydrogen-bond acceptors (Lipinski definition) is 3. The van der Waals surface area contributed by atoms with E-state index in [1.807, 2.05) is 0 Å². The Bertz CT molecular complexity index is 620. The Hall–Kier alpha value is -0.110. The summed E-state index contributed by atoms with van der Waals surface area (Å²) in [6.07, 6.45) is 0. The highest BCUT2D eigenvalue weighted by atomic mass is 79.9. The molecule has 1 aliphatic heterocycles. The van der Waals surface area contributed by atoms with Crippen LogP contribution in [0.25, 0.3) is 0 Å². The summed E-state index contributed by atoms with van der Waals surface area (Å²) in [5.41, 5.74) is 0.433. The number of rotatable bonds is 2. The molecular weight excluding hydrogens is 421 g/mol. The molecule has 0 spiro atoms. The van der Waals surface area contributed by atoms with Gasteiger partial charge in [0, 0.05) is 8.95 Å². The predicted molar refractivity (Wildman–Crippen MR) is 81.4 cm³/mol. The Morgan fingerprint density at radius 1 is 1.32 bits per heavy atom. The van der Waals surface area contributed by atoms with Crippen LogP contribution in [0.4, 0.5) is 0 Å². The fourth-order valence-electron chi connectivity index (χ4n) is 1.85. The highest BCUT2D eigenvalue weighted by Crippen LogP contribution is 2.23. The van der Waals surface area contributed by atoms with Crippen molar-refractivity contribution in [3.05, 3.63) is 32.7 Å². The highest BCUT2D eigenvalue weighted by Gasteiger charge is 2.37. The number of carbonyl (C=O) groups excluding carboxylic acids is 1. The van der Waals surface area contributed by atoms with Gasteiger partial charge in [-0.2, -0.15) is 0 Å². The third kappa shape index (κ3) is 3.71. The lowest BCUT2D eigenvalue weighted by molar-refractivity contribution is 0.0940. The summed E-state index contributed by atoms with van der Waals surface area (Å²) in [7, 11) is -3.16. The van der Waals surface area contributed by atoms with E-state index in [9.17, 15) is 13.2 Å². The van der Waals surface area contributed by atoms with Gasteiger partial charge >= 0.3 is 0 Å². The van der Waals surface area contributed by atoms with Crippen molar-refractivity contribution in [3.63, 3.8) is 0 Å². The summed E-state index contributed by atoms with van der Waals surface area (Å²) in [4.78, 5) is 12.1. The zero-order valence-corrected chi connectivity index (χ0v) is 14.3. The van der Waals surface area contributed by atoms with E-state index in [1.54, 1.807) is 18.2 Å². The summed E-state index contributed by atoms with van der Waals surface area (Å²) >= 11 is 12.5. The van der Waals surface area contributed by atoms with Crippen LogP contribution in [0.1, 0.15) is 10.4 Å². The summed E-state index contributed by atoms with van der Waals surface area (Å²) in [5, 5.41) is 2.08. The molecule has 0 aliphatic carbocycles. The molecule has 4 nitrogen and oxygen atoms in total. The summed E-state index contributed by atoms with van der Waals surface area (Å²) in [5.74, 6) is -0.557. The molecule has 19 heavy (non-hydrogen) atoms. The van der Waals surface area contributed by atoms with Crippen LogP contribution in [0.2, 0.25) is 0 Å². The minimum Gasteiger partial charge on any atom is -0.347 e. The summed E-state index contributed by atoms with van der Waals surface area (Å²) < 4.78 is 24.3. The van der Waals surface area contributed by atoms with Crippen LogP contribution in [0.5, 0.6) is 0 Å². The van der Waals surface area contributed by atoms with Gasteiger partial charge in [-0.25, -0.2) is 8.42 Å². The van der Waals surface area contributed by atoms with Gasteiger partial charge in [0.1, 0.15) is 0 Å². The van der Waals surface area contributed by atoms with Gasteiger partial charge in [-0.15, -0.1) is 11.6 Å². The maximum atomic E-state index is 12.1. The van der Waals surface area contributed by atoms with Crippen LogP contribution in [-0.2, 0) is 9.84 Å². The lowest BCUT2D eigenvalue weighted by Crippen LogP contribution is -2.40. The van der Waals surface area contributed by atoms with Crippen molar-refractivity contribution in [2.45, 2.75) is 11.4 Å². The molecule has 0 bridgehead atoms. The molecule has 2 unspecified atom stereocenters. The maximum absolute atomic E-state index is 12.1. The number of hydrogen-bond donors (Lipinski definition) is 1. The average Bonchev–Trinajstić information content (AvgIpc) is 2.55. The second kappa shape index (κ2) is 5.71. The first-order valence-corrected chi connectivity index (χ1v) is 9.23. The van der Waals surface area contributed by atoms with Gasteiger partial charge in [0.15, 0.2) is 9.84 Å². The third-order valence-corrected chi connectivity index (χ3v) is 6.33. The predicted octanol–water partition coefficient (Wildman–Crippen LogP) is 2.35. The van der Waals surface area contributed by atoms with Crippen LogP contribution in [0.3, 0.4) is 0 Å². The first-order valence-electron chi connectivity index (χ1n) is 5.39. The van der Waals surface area contributed by atoms with Crippen molar-refractivity contribution in [2.24, 2.45) is 0 Å². The number of amides is 1. The van der Waals surface area contributed by atoms with Crippen molar-refractivity contribution >= 4 is 59.2 Å². The van der Waals surface area contributed by atoms with Crippen molar-refractivity contribution in [1.29, 1.82) is 0 Å². The molecular formula is C11H10Br2ClNO3S. The topological polar surface area (TPSA) is 63.2 Å². The minimum absolute atomic E-state index is 0.0981. The zero-order chi connectivity index (χ0) is 14.2. The molecule has 8 heteroatoms. The van der Waals surface area contributed by atoms with Crippen LogP contribution < -0.4 is 5.32 Å². The second-order valence-corrected chi connectivity index (χ2v) is 8.78. The molecule has 1 saturated heterocycles. The van der Waals surface area contributed by atoms with E-state index < -0.39 is 21.3 Å². The number of alkyl halides is 1. The molecule has 2 rings (SSSR count). The minimum atomic E-state index is -3.16. The first kappa shape index (κ1) is 15.3. The molecule has 0 saturated carbocycles. The van der Waals surface area contributed by atoms with Crippen LogP contribution in [-0.4, -0.2) is 37.2 Å². The van der Waals surface area contributed by atoms with Gasteiger partial charge in [-0.3, -0.25) is 4.79 Å². The van der Waals surface area contributed by atoms with E-state index in [0.29, 0.717) is 10.0 Å². The van der Waals surface area contributed by atoms with Gasteiger partial charge in [0.2, 0.25) is 0 Å². The summed E-state index contributed by atoms with van der Waals surface area (Å²) in [6.45, 7) is 0. The van der Waals surface area contributed by atoms with Gasteiger partial charge in [0.25, 0.3) is 5.91 Å². The Labute approximate surface area is 133 Å². The quantitative estimate of drug-likeness (QED) is 0.732. The van der Waals surface area contributed by atoms with Crippen molar-refractivity contribution in [2.75, 3.05) is 11.5 Å². The van der Waals surface area contributed by atoms with E-state index in [0.717, 1.165) is 4.47 Å². The molecule has 0 aromatic heterocycles. The number of halogens is 3. The monoisotopic (exact) mass is 429 g/mol. The molecule has 104 valence electrons. The van der Waals surface area contributed by atoms with Crippen LogP contribution in [0, 0.1) is 0 Å². The second-order valence-electron chi connectivity index (χ2n) is 4.30. The Morgan fingerprint density at radius 3 is 2.58 bits per heavy atom. The number of carbonyl (C=O) groups is 1. The van der Waals surface area contributed by atoms with Crippen LogP contribution in [0.15, 0.2) is 27.1 Å². The van der Waals surface area contributed by atoms with E-state index >= 15 is 0 Å². The Balaban J connectivity index is 2.16. The fourth-order valence-corrected chi connectivity index (χ4v) is 5.19. The van der Waals surface area contributed by atoms with Gasteiger partial charge in [-0.1, -0.05) is 15.9 Å². The molecule has 1 amide bonds. The molecule has 2 atom stereocenters. The number of sulfone groups is 1. The highest BCUT2D eigenvalue weighted by molar-refractivity contribution is 9.11. The fraction of sp³-hybridized carbons (Fsp3) is 0.364. The first-order chi connectivity index (χ1) is 8.78. The molecule has 1 aromatic rings. The van der Waals surface area contributed by atoms with Gasteiger partial charge in [0.05, 0.1) is 28.5 Å². The normalized spacial score (nSPS) is 25.2. The third-order valence-electron chi connectivity index (χ3n) is 2.77. The number of benzene rings is 1. The maximum Gasteiger partial charge on any atom is 0.252 e. The number of nitrogens with one attached hydrogen (secondary N) is 1. The van der Waals surface area contributed by atoms with Crippen LogP contribution >= 0.6 is 43.5 Å². The van der Waals surface area contributed by atoms with Crippen molar-refractivity contribution in [3.8, 4) is 0 Å². The van der Waals surface area contributed by atoms with E-state index in [4.69, 9.17) is 11.6 Å². The van der Waals surface area contributed by atoms with Gasteiger partial charge < -0.3 is 5.32 Å². The lowest BCUT2D eigenvalue weighted by atomic mass is 10.2. The molecule has 1 aromatic carbocycles.